The molecule has 7 heteroatoms. The van der Waals surface area contributed by atoms with E-state index in [9.17, 15) is 9.59 Å². The van der Waals surface area contributed by atoms with Crippen LogP contribution in [0, 0.1) is 0 Å². The van der Waals surface area contributed by atoms with Crippen molar-refractivity contribution in [1.29, 1.82) is 0 Å². The van der Waals surface area contributed by atoms with E-state index < -0.39 is 5.97 Å². The third kappa shape index (κ3) is 4.96. The van der Waals surface area contributed by atoms with Crippen LogP contribution in [0.3, 0.4) is 0 Å². The molecule has 1 aliphatic rings. The van der Waals surface area contributed by atoms with Crippen LogP contribution >= 0.6 is 0 Å². The van der Waals surface area contributed by atoms with E-state index in [4.69, 9.17) is 14.6 Å². The molecule has 0 saturated carbocycles. The minimum Gasteiger partial charge on any atom is -0.488 e. The molecule has 1 aromatic carbocycles. The smallest absolute Gasteiger partial charge is 0.329 e. The van der Waals surface area contributed by atoms with Crippen LogP contribution in [-0.4, -0.2) is 49.5 Å². The Bertz CT molecular complexity index is 481. The highest BCUT2D eigenvalue weighted by Crippen LogP contribution is 2.27. The number of nitrogens with one attached hydrogen (secondary N) is 2. The van der Waals surface area contributed by atoms with Crippen molar-refractivity contribution in [3.05, 3.63) is 29.8 Å². The average molecular weight is 294 g/mol. The van der Waals surface area contributed by atoms with Gasteiger partial charge in [-0.25, -0.2) is 9.59 Å². The maximum absolute atomic E-state index is 11.5. The van der Waals surface area contributed by atoms with Gasteiger partial charge < -0.3 is 25.2 Å². The van der Waals surface area contributed by atoms with Gasteiger partial charge >= 0.3 is 12.0 Å². The van der Waals surface area contributed by atoms with Crippen molar-refractivity contribution in [3.8, 4) is 5.75 Å². The summed E-state index contributed by atoms with van der Waals surface area (Å²) in [5.41, 5.74) is 1.15. The summed E-state index contributed by atoms with van der Waals surface area (Å²) in [6.45, 7) is 0.462. The van der Waals surface area contributed by atoms with E-state index >= 15 is 0 Å². The van der Waals surface area contributed by atoms with Crippen LogP contribution in [0.4, 0.5) is 4.79 Å². The van der Waals surface area contributed by atoms with Crippen LogP contribution in [-0.2, 0) is 16.0 Å². The molecule has 0 spiro atoms. The molecular weight excluding hydrogens is 276 g/mol. The number of carboxylic acids is 1. The molecule has 7 nitrogen and oxygen atoms in total. The first-order valence-corrected chi connectivity index (χ1v) is 6.71. The maximum atomic E-state index is 11.5. The number of rotatable bonds is 7. The lowest BCUT2D eigenvalue weighted by atomic mass is 10.1. The Labute approximate surface area is 122 Å². The number of ether oxygens (including phenoxy) is 2. The lowest BCUT2D eigenvalue weighted by molar-refractivity contribution is -0.142. The fourth-order valence-electron chi connectivity index (χ4n) is 2.03. The van der Waals surface area contributed by atoms with Gasteiger partial charge in [0.25, 0.3) is 0 Å². The second-order valence-corrected chi connectivity index (χ2v) is 4.63. The number of para-hydroxylation sites is 1. The molecule has 3 N–H and O–H groups in total. The molecule has 1 aromatic rings. The van der Waals surface area contributed by atoms with Gasteiger partial charge in [0.15, 0.2) is 0 Å². The number of aliphatic carboxylic acids is 1. The van der Waals surface area contributed by atoms with Crippen LogP contribution in [0.25, 0.3) is 0 Å². The van der Waals surface area contributed by atoms with Gasteiger partial charge in [-0.1, -0.05) is 18.2 Å². The first-order valence-electron chi connectivity index (χ1n) is 6.71. The molecule has 21 heavy (non-hydrogen) atoms. The normalized spacial score (nSPS) is 15.9. The molecule has 0 aliphatic carbocycles. The summed E-state index contributed by atoms with van der Waals surface area (Å²) in [5.74, 6) is -0.163. The summed E-state index contributed by atoms with van der Waals surface area (Å²) in [4.78, 5) is 21.7. The van der Waals surface area contributed by atoms with Crippen molar-refractivity contribution in [3.63, 3.8) is 0 Å². The molecule has 0 saturated heterocycles. The molecule has 2 rings (SSSR count). The zero-order valence-electron chi connectivity index (χ0n) is 11.5. The van der Waals surface area contributed by atoms with Gasteiger partial charge in [-0.2, -0.15) is 0 Å². The standard InChI is InChI=1S/C14H18N2O5/c17-13(18)9-20-6-5-15-14(19)16-8-11-7-10-3-1-2-4-12(10)21-11/h1-4,11H,5-9H2,(H,17,18)(H2,15,16,19). The fraction of sp³-hybridized carbons (Fsp3) is 0.429. The molecule has 0 aromatic heterocycles. The number of hydrogen-bond donors (Lipinski definition) is 3. The van der Waals surface area contributed by atoms with E-state index in [1.165, 1.54) is 0 Å². The Morgan fingerprint density at radius 2 is 2.14 bits per heavy atom. The molecule has 0 bridgehead atoms. The number of hydrogen-bond acceptors (Lipinski definition) is 4. The number of fused-ring (bicyclic) bond motifs is 1. The van der Waals surface area contributed by atoms with Gasteiger partial charge in [-0.05, 0) is 11.6 Å². The first kappa shape index (κ1) is 15.1. The predicted octanol–water partition coefficient (Wildman–Crippen LogP) is 0.391. The van der Waals surface area contributed by atoms with Crippen molar-refractivity contribution >= 4 is 12.0 Å². The van der Waals surface area contributed by atoms with Crippen LogP contribution in [0.15, 0.2) is 24.3 Å². The molecule has 0 radical (unpaired) electrons. The third-order valence-electron chi connectivity index (χ3n) is 2.96. The lowest BCUT2D eigenvalue weighted by Crippen LogP contribution is -2.42. The van der Waals surface area contributed by atoms with Gasteiger partial charge in [0, 0.05) is 13.0 Å². The predicted molar refractivity (Wildman–Crippen MR) is 74.4 cm³/mol. The van der Waals surface area contributed by atoms with Crippen molar-refractivity contribution in [2.24, 2.45) is 0 Å². The van der Waals surface area contributed by atoms with Crippen molar-refractivity contribution in [2.75, 3.05) is 26.3 Å². The van der Waals surface area contributed by atoms with Crippen molar-refractivity contribution < 1.29 is 24.2 Å². The van der Waals surface area contributed by atoms with Crippen LogP contribution in [0.2, 0.25) is 0 Å². The summed E-state index contributed by atoms with van der Waals surface area (Å²) in [6.07, 6.45) is 0.717. The van der Waals surface area contributed by atoms with Gasteiger partial charge in [0.1, 0.15) is 18.5 Å². The molecular formula is C14H18N2O5. The number of benzene rings is 1. The molecule has 114 valence electrons. The molecule has 0 fully saturated rings. The summed E-state index contributed by atoms with van der Waals surface area (Å²) >= 11 is 0. The van der Waals surface area contributed by atoms with E-state index in [0.717, 1.165) is 17.7 Å². The van der Waals surface area contributed by atoms with E-state index in [-0.39, 0.29) is 31.9 Å². The van der Waals surface area contributed by atoms with Gasteiger partial charge in [-0.3, -0.25) is 0 Å². The summed E-state index contributed by atoms with van der Waals surface area (Å²) in [6, 6.07) is 7.47. The Balaban J connectivity index is 1.57. The summed E-state index contributed by atoms with van der Waals surface area (Å²) < 4.78 is 10.5. The molecule has 1 aliphatic heterocycles. The minimum absolute atomic E-state index is 0.0589. The SMILES string of the molecule is O=C(O)COCCNC(=O)NCC1Cc2ccccc2O1. The second-order valence-electron chi connectivity index (χ2n) is 4.63. The van der Waals surface area contributed by atoms with Gasteiger partial charge in [0.2, 0.25) is 0 Å². The number of carbonyl (C=O) groups is 2. The Morgan fingerprint density at radius 3 is 2.90 bits per heavy atom. The van der Waals surface area contributed by atoms with E-state index in [2.05, 4.69) is 10.6 Å². The first-order chi connectivity index (χ1) is 10.1. The Kier molecular flexibility index (Phi) is 5.39. The number of amides is 2. The van der Waals surface area contributed by atoms with Crippen LogP contribution in [0.1, 0.15) is 5.56 Å². The zero-order valence-corrected chi connectivity index (χ0v) is 11.5. The average Bonchev–Trinajstić information content (AvgIpc) is 2.87. The molecule has 1 atom stereocenters. The van der Waals surface area contributed by atoms with E-state index in [0.29, 0.717) is 6.54 Å². The largest absolute Gasteiger partial charge is 0.488 e. The van der Waals surface area contributed by atoms with Crippen molar-refractivity contribution in [2.45, 2.75) is 12.5 Å². The second kappa shape index (κ2) is 7.49. The number of urea groups is 1. The van der Waals surface area contributed by atoms with Gasteiger partial charge in [0.05, 0.1) is 13.2 Å². The zero-order chi connectivity index (χ0) is 15.1. The Morgan fingerprint density at radius 1 is 1.33 bits per heavy atom. The third-order valence-corrected chi connectivity index (χ3v) is 2.96. The monoisotopic (exact) mass is 294 g/mol. The van der Waals surface area contributed by atoms with E-state index in [1.54, 1.807) is 0 Å². The van der Waals surface area contributed by atoms with Crippen molar-refractivity contribution in [1.82, 2.24) is 10.6 Å². The lowest BCUT2D eigenvalue weighted by Gasteiger charge is -2.12. The summed E-state index contributed by atoms with van der Waals surface area (Å²) in [7, 11) is 0. The summed E-state index contributed by atoms with van der Waals surface area (Å²) in [5, 5.41) is 13.7. The molecule has 2 amide bonds. The molecule has 1 heterocycles. The topological polar surface area (TPSA) is 96.9 Å². The molecule has 1 unspecified atom stereocenters. The highest BCUT2D eigenvalue weighted by atomic mass is 16.5. The highest BCUT2D eigenvalue weighted by Gasteiger charge is 2.22. The van der Waals surface area contributed by atoms with Gasteiger partial charge in [-0.15, -0.1) is 0 Å². The fourth-order valence-corrected chi connectivity index (χ4v) is 2.03. The minimum atomic E-state index is -1.03. The van der Waals surface area contributed by atoms with Crippen LogP contribution in [0.5, 0.6) is 5.75 Å². The quantitative estimate of drug-likeness (QED) is 0.632. The maximum Gasteiger partial charge on any atom is 0.329 e. The number of carbonyl (C=O) groups excluding carboxylic acids is 1. The highest BCUT2D eigenvalue weighted by molar-refractivity contribution is 5.73. The van der Waals surface area contributed by atoms with E-state index in [1.807, 2.05) is 24.3 Å². The number of carboxylic acid groups (broad SMARTS) is 1. The Hall–Kier alpha value is -2.28. The van der Waals surface area contributed by atoms with Crippen LogP contribution < -0.4 is 15.4 Å².